The minimum atomic E-state index is -0.932. The molecule has 0 fully saturated rings. The maximum Gasteiger partial charge on any atom is 0.324 e. The Labute approximate surface area is 102 Å². The maximum absolute atomic E-state index is 10.6. The summed E-state index contributed by atoms with van der Waals surface area (Å²) in [6.07, 6.45) is 1.60. The Morgan fingerprint density at radius 2 is 2.35 bits per heavy atom. The van der Waals surface area contributed by atoms with E-state index in [2.05, 4.69) is 6.58 Å². The molecule has 1 aromatic heterocycles. The van der Waals surface area contributed by atoms with Gasteiger partial charge in [0.2, 0.25) is 0 Å². The van der Waals surface area contributed by atoms with Crippen molar-refractivity contribution < 1.29 is 14.8 Å². The molecule has 7 heteroatoms. The Bertz CT molecular complexity index is 430. The van der Waals surface area contributed by atoms with Crippen molar-refractivity contribution in [3.63, 3.8) is 0 Å². The molecule has 92 valence electrons. The van der Waals surface area contributed by atoms with E-state index in [1.54, 1.807) is 17.0 Å². The summed E-state index contributed by atoms with van der Waals surface area (Å²) < 4.78 is 0. The predicted octanol–water partition coefficient (Wildman–Crippen LogP) is 1.73. The molecule has 1 heterocycles. The predicted molar refractivity (Wildman–Crippen MR) is 64.1 cm³/mol. The third kappa shape index (κ3) is 4.33. The van der Waals surface area contributed by atoms with Crippen LogP contribution in [0.3, 0.4) is 0 Å². The number of carboxylic acids is 1. The smallest absolute Gasteiger partial charge is 0.324 e. The van der Waals surface area contributed by atoms with Crippen molar-refractivity contribution in [3.05, 3.63) is 39.8 Å². The zero-order chi connectivity index (χ0) is 12.8. The standard InChI is InChI=1S/C10H12N2O4S/c1-2-5-11(7-10(13)14)6-8-3-4-9(17-8)12(15)16/h2-4H,1,5-7H2,(H,13,14). The molecule has 1 rings (SSSR count). The third-order valence-electron chi connectivity index (χ3n) is 1.95. The van der Waals surface area contributed by atoms with Crippen LogP contribution in [-0.2, 0) is 11.3 Å². The van der Waals surface area contributed by atoms with Gasteiger partial charge in [-0.15, -0.1) is 6.58 Å². The molecule has 17 heavy (non-hydrogen) atoms. The van der Waals surface area contributed by atoms with Gasteiger partial charge in [-0.3, -0.25) is 19.8 Å². The lowest BCUT2D eigenvalue weighted by atomic mass is 10.4. The zero-order valence-electron chi connectivity index (χ0n) is 9.04. The van der Waals surface area contributed by atoms with E-state index in [1.807, 2.05) is 0 Å². The fourth-order valence-corrected chi connectivity index (χ4v) is 2.19. The molecule has 0 saturated heterocycles. The number of nitrogens with zero attached hydrogens (tertiary/aromatic N) is 2. The van der Waals surface area contributed by atoms with Crippen molar-refractivity contribution in [1.82, 2.24) is 4.90 Å². The Morgan fingerprint density at radius 3 is 2.82 bits per heavy atom. The SMILES string of the molecule is C=CCN(CC(=O)O)Cc1ccc([N+](=O)[O-])s1. The first-order valence-corrected chi connectivity index (χ1v) is 5.62. The fourth-order valence-electron chi connectivity index (χ4n) is 1.33. The normalized spacial score (nSPS) is 10.4. The van der Waals surface area contributed by atoms with Gasteiger partial charge in [-0.2, -0.15) is 0 Å². The molecule has 1 aromatic rings. The second-order valence-electron chi connectivity index (χ2n) is 3.35. The molecule has 0 radical (unpaired) electrons. The number of aliphatic carboxylic acids is 1. The molecular formula is C10H12N2O4S. The highest BCUT2D eigenvalue weighted by Gasteiger charge is 2.13. The molecule has 0 bridgehead atoms. The third-order valence-corrected chi connectivity index (χ3v) is 2.97. The fraction of sp³-hybridized carbons (Fsp3) is 0.300. The van der Waals surface area contributed by atoms with Crippen LogP contribution in [0.15, 0.2) is 24.8 Å². The van der Waals surface area contributed by atoms with Crippen molar-refractivity contribution in [2.45, 2.75) is 6.54 Å². The molecule has 0 atom stereocenters. The first-order chi connectivity index (χ1) is 8.02. The minimum absolute atomic E-state index is 0.0638. The molecule has 0 amide bonds. The van der Waals surface area contributed by atoms with Crippen LogP contribution in [0.25, 0.3) is 0 Å². The lowest BCUT2D eigenvalue weighted by Gasteiger charge is -2.16. The largest absolute Gasteiger partial charge is 0.480 e. The topological polar surface area (TPSA) is 83.7 Å². The summed E-state index contributed by atoms with van der Waals surface area (Å²) in [6, 6.07) is 3.06. The summed E-state index contributed by atoms with van der Waals surface area (Å²) in [5, 5.41) is 19.3. The van der Waals surface area contributed by atoms with Crippen LogP contribution < -0.4 is 0 Å². The van der Waals surface area contributed by atoms with E-state index in [0.717, 1.165) is 16.2 Å². The van der Waals surface area contributed by atoms with Crippen LogP contribution in [0.4, 0.5) is 5.00 Å². The van der Waals surface area contributed by atoms with Gasteiger partial charge in [0.25, 0.3) is 0 Å². The van der Waals surface area contributed by atoms with Crippen molar-refractivity contribution >= 4 is 22.3 Å². The Balaban J connectivity index is 2.67. The van der Waals surface area contributed by atoms with Crippen molar-refractivity contribution in [2.75, 3.05) is 13.1 Å². The lowest BCUT2D eigenvalue weighted by molar-refractivity contribution is -0.380. The monoisotopic (exact) mass is 256 g/mol. The van der Waals surface area contributed by atoms with E-state index in [4.69, 9.17) is 5.11 Å². The Kier molecular flexibility index (Phi) is 4.80. The molecular weight excluding hydrogens is 244 g/mol. The molecule has 0 unspecified atom stereocenters. The molecule has 0 aliphatic carbocycles. The van der Waals surface area contributed by atoms with Crippen LogP contribution in [0.1, 0.15) is 4.88 Å². The Morgan fingerprint density at radius 1 is 1.65 bits per heavy atom. The average Bonchev–Trinajstić information content (AvgIpc) is 2.65. The first-order valence-electron chi connectivity index (χ1n) is 4.81. The highest BCUT2D eigenvalue weighted by Crippen LogP contribution is 2.24. The summed E-state index contributed by atoms with van der Waals surface area (Å²) in [6.45, 7) is 4.23. The second-order valence-corrected chi connectivity index (χ2v) is 4.50. The Hall–Kier alpha value is -1.73. The van der Waals surface area contributed by atoms with Gasteiger partial charge in [-0.1, -0.05) is 17.4 Å². The van der Waals surface area contributed by atoms with E-state index in [9.17, 15) is 14.9 Å². The van der Waals surface area contributed by atoms with E-state index >= 15 is 0 Å². The quantitative estimate of drug-likeness (QED) is 0.456. The molecule has 0 aromatic carbocycles. The highest BCUT2D eigenvalue weighted by atomic mass is 32.1. The summed E-state index contributed by atoms with van der Waals surface area (Å²) in [5.41, 5.74) is 0. The number of carbonyl (C=O) groups is 1. The first kappa shape index (κ1) is 13.3. The molecule has 6 nitrogen and oxygen atoms in total. The number of nitro groups is 1. The van der Waals surface area contributed by atoms with Crippen LogP contribution in [-0.4, -0.2) is 34.0 Å². The van der Waals surface area contributed by atoms with Crippen molar-refractivity contribution in [2.24, 2.45) is 0 Å². The van der Waals surface area contributed by atoms with Gasteiger partial charge in [0.15, 0.2) is 0 Å². The van der Waals surface area contributed by atoms with Gasteiger partial charge in [-0.05, 0) is 6.07 Å². The van der Waals surface area contributed by atoms with Crippen LogP contribution in [0, 0.1) is 10.1 Å². The molecule has 1 N–H and O–H groups in total. The molecule has 0 saturated carbocycles. The summed E-state index contributed by atoms with van der Waals surface area (Å²) in [7, 11) is 0. The van der Waals surface area contributed by atoms with Gasteiger partial charge in [0, 0.05) is 24.0 Å². The number of rotatable bonds is 7. The lowest BCUT2D eigenvalue weighted by Crippen LogP contribution is -2.29. The average molecular weight is 256 g/mol. The van der Waals surface area contributed by atoms with Crippen molar-refractivity contribution in [3.8, 4) is 0 Å². The van der Waals surface area contributed by atoms with E-state index < -0.39 is 10.9 Å². The van der Waals surface area contributed by atoms with Gasteiger partial charge in [0.05, 0.1) is 11.5 Å². The van der Waals surface area contributed by atoms with Gasteiger partial charge in [0.1, 0.15) is 0 Å². The number of hydrogen-bond acceptors (Lipinski definition) is 5. The van der Waals surface area contributed by atoms with Gasteiger partial charge in [-0.25, -0.2) is 0 Å². The molecule has 0 spiro atoms. The van der Waals surface area contributed by atoms with Crippen molar-refractivity contribution in [1.29, 1.82) is 0 Å². The summed E-state index contributed by atoms with van der Waals surface area (Å²) in [4.78, 5) is 23.1. The minimum Gasteiger partial charge on any atom is -0.480 e. The van der Waals surface area contributed by atoms with E-state index in [1.165, 1.54) is 6.07 Å². The van der Waals surface area contributed by atoms with Crippen LogP contribution >= 0.6 is 11.3 Å². The molecule has 0 aliphatic heterocycles. The van der Waals surface area contributed by atoms with Crippen LogP contribution in [0.2, 0.25) is 0 Å². The summed E-state index contributed by atoms with van der Waals surface area (Å²) >= 11 is 1.05. The van der Waals surface area contributed by atoms with Gasteiger partial charge >= 0.3 is 11.0 Å². The van der Waals surface area contributed by atoms with Gasteiger partial charge < -0.3 is 5.11 Å². The van der Waals surface area contributed by atoms with Crippen LogP contribution in [0.5, 0.6) is 0 Å². The number of carboxylic acid groups (broad SMARTS) is 1. The number of hydrogen-bond donors (Lipinski definition) is 1. The zero-order valence-corrected chi connectivity index (χ0v) is 9.85. The van der Waals surface area contributed by atoms with E-state index in [-0.39, 0.29) is 11.5 Å². The number of thiophene rings is 1. The molecule has 0 aliphatic rings. The summed E-state index contributed by atoms with van der Waals surface area (Å²) in [5.74, 6) is -0.932. The second kappa shape index (κ2) is 6.12. The highest BCUT2D eigenvalue weighted by molar-refractivity contribution is 7.15. The maximum atomic E-state index is 10.6. The van der Waals surface area contributed by atoms with E-state index in [0.29, 0.717) is 13.1 Å².